The Kier molecular flexibility index (Phi) is 9.68. The van der Waals surface area contributed by atoms with Crippen LogP contribution in [0.3, 0.4) is 0 Å². The summed E-state index contributed by atoms with van der Waals surface area (Å²) >= 11 is 5.41. The lowest BCUT2D eigenvalue weighted by atomic mass is 9.99. The fourth-order valence-electron chi connectivity index (χ4n) is 2.98. The van der Waals surface area contributed by atoms with E-state index in [-0.39, 0.29) is 30.5 Å². The second-order valence-electron chi connectivity index (χ2n) is 8.44. The molecule has 1 aliphatic heterocycles. The highest BCUT2D eigenvalue weighted by Crippen LogP contribution is 2.17. The minimum Gasteiger partial charge on any atom is -0.366 e. The van der Waals surface area contributed by atoms with Crippen molar-refractivity contribution < 1.29 is 24.2 Å². The third-order valence-corrected chi connectivity index (χ3v) is 5.99. The average molecular weight is 485 g/mol. The van der Waals surface area contributed by atoms with Gasteiger partial charge in [-0.3, -0.25) is 14.4 Å². The molecule has 0 aromatic carbocycles. The Morgan fingerprint density at radius 2 is 2.09 bits per heavy atom. The van der Waals surface area contributed by atoms with E-state index < -0.39 is 35.8 Å². The van der Waals surface area contributed by atoms with Crippen molar-refractivity contribution in [3.8, 4) is 0 Å². The zero-order valence-corrected chi connectivity index (χ0v) is 20.5. The molecule has 1 aliphatic rings. The highest BCUT2D eigenvalue weighted by Gasteiger charge is 2.35. The molecule has 3 atom stereocenters. The number of thiazole rings is 1. The summed E-state index contributed by atoms with van der Waals surface area (Å²) < 4.78 is 5.78. The standard InChI is InChI=1S/C21H32N4O5S2/c1-12(2)17-19(28)30-13(7-5-6-8-31)9-15(26)22-10-16-23-14(11-32-16)18(27)25-21(3,4)20(29)24-17/h5,7,11-13,17,19,28,31H,6,8-10H2,1-4H3,(H,22,26)(H,24,29)(H,25,27)/b7-5+/t13-,17+,19?/m1/s1. The van der Waals surface area contributed by atoms with Crippen LogP contribution in [-0.4, -0.2) is 57.5 Å². The van der Waals surface area contributed by atoms with Crippen molar-refractivity contribution >= 4 is 41.7 Å². The number of allylic oxidation sites excluding steroid dienone is 1. The first-order valence-corrected chi connectivity index (χ1v) is 12.0. The lowest BCUT2D eigenvalue weighted by Crippen LogP contribution is -2.60. The van der Waals surface area contributed by atoms with Gasteiger partial charge in [0.1, 0.15) is 16.2 Å². The van der Waals surface area contributed by atoms with Crippen LogP contribution in [0.5, 0.6) is 0 Å². The fraction of sp³-hybridized carbons (Fsp3) is 0.619. The maximum atomic E-state index is 12.9. The topological polar surface area (TPSA) is 130 Å². The SMILES string of the molecule is CC(C)[C@@H]1NC(=O)C(C)(C)NC(=O)c2csc(n2)CNC(=O)C[C@@H](/C=C/CCS)OC1O. The Hall–Kier alpha value is -1.95. The van der Waals surface area contributed by atoms with Crippen molar-refractivity contribution in [2.75, 3.05) is 5.75 Å². The van der Waals surface area contributed by atoms with Gasteiger partial charge in [-0.25, -0.2) is 4.98 Å². The number of carbonyl (C=O) groups excluding carboxylic acids is 3. The second-order valence-corrected chi connectivity index (χ2v) is 9.83. The van der Waals surface area contributed by atoms with Gasteiger partial charge < -0.3 is 25.8 Å². The third kappa shape index (κ3) is 7.58. The lowest BCUT2D eigenvalue weighted by molar-refractivity contribution is -0.159. The van der Waals surface area contributed by atoms with Gasteiger partial charge in [-0.05, 0) is 31.9 Å². The number of amides is 3. The lowest BCUT2D eigenvalue weighted by Gasteiger charge is -2.33. The van der Waals surface area contributed by atoms with Crippen LogP contribution in [-0.2, 0) is 20.9 Å². The smallest absolute Gasteiger partial charge is 0.271 e. The highest BCUT2D eigenvalue weighted by atomic mass is 32.1. The van der Waals surface area contributed by atoms with Gasteiger partial charge in [-0.1, -0.05) is 26.0 Å². The van der Waals surface area contributed by atoms with Crippen LogP contribution in [0.2, 0.25) is 0 Å². The molecule has 0 saturated carbocycles. The summed E-state index contributed by atoms with van der Waals surface area (Å²) in [5.41, 5.74) is -1.09. The molecule has 11 heteroatoms. The molecule has 4 N–H and O–H groups in total. The number of ether oxygens (including phenoxy) is 1. The number of rotatable bonds is 4. The minimum atomic E-state index is -1.37. The highest BCUT2D eigenvalue weighted by molar-refractivity contribution is 7.80. The molecule has 1 unspecified atom stereocenters. The maximum Gasteiger partial charge on any atom is 0.271 e. The van der Waals surface area contributed by atoms with Gasteiger partial charge in [0.15, 0.2) is 6.29 Å². The van der Waals surface area contributed by atoms with Crippen molar-refractivity contribution in [1.29, 1.82) is 0 Å². The summed E-state index contributed by atoms with van der Waals surface area (Å²) in [5, 5.41) is 21.1. The number of hydrogen-bond donors (Lipinski definition) is 5. The van der Waals surface area contributed by atoms with E-state index in [0.29, 0.717) is 17.2 Å². The van der Waals surface area contributed by atoms with Crippen LogP contribution in [0.1, 0.15) is 56.0 Å². The number of hydrogen-bond acceptors (Lipinski definition) is 8. The molecule has 1 aromatic rings. The van der Waals surface area contributed by atoms with E-state index in [2.05, 4.69) is 33.6 Å². The summed E-state index contributed by atoms with van der Waals surface area (Å²) in [6.07, 6.45) is 2.15. The Balaban J connectivity index is 2.34. The van der Waals surface area contributed by atoms with Gasteiger partial charge >= 0.3 is 0 Å². The molecule has 2 heterocycles. The first-order chi connectivity index (χ1) is 15.0. The molecule has 0 saturated heterocycles. The van der Waals surface area contributed by atoms with Gasteiger partial charge in [-0.15, -0.1) is 11.3 Å². The number of nitrogens with zero attached hydrogens (tertiary/aromatic N) is 1. The van der Waals surface area contributed by atoms with Crippen LogP contribution >= 0.6 is 24.0 Å². The molecule has 2 bridgehead atoms. The van der Waals surface area contributed by atoms with Gasteiger partial charge in [0, 0.05) is 5.38 Å². The van der Waals surface area contributed by atoms with Crippen LogP contribution in [0.4, 0.5) is 0 Å². The van der Waals surface area contributed by atoms with Crippen LogP contribution in [0.15, 0.2) is 17.5 Å². The van der Waals surface area contributed by atoms with Crippen molar-refractivity contribution in [1.82, 2.24) is 20.9 Å². The molecule has 9 nitrogen and oxygen atoms in total. The maximum absolute atomic E-state index is 12.9. The van der Waals surface area contributed by atoms with Crippen LogP contribution in [0.25, 0.3) is 0 Å². The first-order valence-electron chi connectivity index (χ1n) is 10.5. The predicted octanol–water partition coefficient (Wildman–Crippen LogP) is 1.39. The van der Waals surface area contributed by atoms with Crippen molar-refractivity contribution in [2.24, 2.45) is 5.92 Å². The Morgan fingerprint density at radius 3 is 2.75 bits per heavy atom. The number of carbonyl (C=O) groups is 3. The summed E-state index contributed by atoms with van der Waals surface area (Å²) in [6, 6.07) is -0.763. The van der Waals surface area contributed by atoms with Crippen molar-refractivity contribution in [2.45, 2.75) is 71.1 Å². The van der Waals surface area contributed by atoms with Crippen LogP contribution in [0, 0.1) is 5.92 Å². The predicted molar refractivity (Wildman–Crippen MR) is 125 cm³/mol. The van der Waals surface area contributed by atoms with Crippen molar-refractivity contribution in [3.05, 3.63) is 28.2 Å². The van der Waals surface area contributed by atoms with E-state index in [0.717, 1.165) is 0 Å². The normalized spacial score (nSPS) is 25.5. The largest absolute Gasteiger partial charge is 0.366 e. The fourth-order valence-corrected chi connectivity index (χ4v) is 3.84. The number of aromatic nitrogens is 1. The number of aliphatic hydroxyl groups is 1. The summed E-state index contributed by atoms with van der Waals surface area (Å²) in [6.45, 7) is 6.97. The van der Waals surface area contributed by atoms with E-state index in [1.807, 2.05) is 19.9 Å². The van der Waals surface area contributed by atoms with E-state index in [4.69, 9.17) is 4.74 Å². The molecule has 2 rings (SSSR count). The van der Waals surface area contributed by atoms with E-state index in [1.165, 1.54) is 11.3 Å². The molecule has 32 heavy (non-hydrogen) atoms. The quantitative estimate of drug-likeness (QED) is 0.324. The molecular formula is C21H32N4O5S2. The zero-order valence-electron chi connectivity index (χ0n) is 18.8. The van der Waals surface area contributed by atoms with Gasteiger partial charge in [0.2, 0.25) is 11.8 Å². The first kappa shape index (κ1) is 26.3. The summed E-state index contributed by atoms with van der Waals surface area (Å²) in [4.78, 5) is 42.2. The van der Waals surface area contributed by atoms with E-state index >= 15 is 0 Å². The van der Waals surface area contributed by atoms with Crippen LogP contribution < -0.4 is 16.0 Å². The molecule has 1 aromatic heterocycles. The second kappa shape index (κ2) is 11.8. The number of fused-ring (bicyclic) bond motifs is 2. The molecule has 3 amide bonds. The van der Waals surface area contributed by atoms with Crippen molar-refractivity contribution in [3.63, 3.8) is 0 Å². The molecular weight excluding hydrogens is 452 g/mol. The molecule has 0 fully saturated rings. The van der Waals surface area contributed by atoms with E-state index in [9.17, 15) is 19.5 Å². The average Bonchev–Trinajstić information content (AvgIpc) is 3.18. The zero-order chi connectivity index (χ0) is 23.9. The number of thiol groups is 1. The number of aliphatic hydroxyl groups excluding tert-OH is 1. The molecule has 0 radical (unpaired) electrons. The van der Waals surface area contributed by atoms with Gasteiger partial charge in [-0.2, -0.15) is 12.6 Å². The van der Waals surface area contributed by atoms with Gasteiger partial charge in [0.25, 0.3) is 5.91 Å². The molecule has 0 aliphatic carbocycles. The molecule has 178 valence electrons. The Labute approximate surface area is 197 Å². The molecule has 0 spiro atoms. The van der Waals surface area contributed by atoms with E-state index in [1.54, 1.807) is 25.3 Å². The minimum absolute atomic E-state index is 0.0247. The Morgan fingerprint density at radius 1 is 1.38 bits per heavy atom. The number of nitrogens with one attached hydrogen (secondary N) is 3. The third-order valence-electron chi connectivity index (χ3n) is 4.89. The monoisotopic (exact) mass is 484 g/mol. The Bertz CT molecular complexity index is 840. The van der Waals surface area contributed by atoms with Gasteiger partial charge in [0.05, 0.1) is 25.1 Å². The summed E-state index contributed by atoms with van der Waals surface area (Å²) in [5.74, 6) is -0.822. The summed E-state index contributed by atoms with van der Waals surface area (Å²) in [7, 11) is 0.